The van der Waals surface area contributed by atoms with E-state index in [1.165, 1.54) is 0 Å². The lowest BCUT2D eigenvalue weighted by Crippen LogP contribution is -2.39. The van der Waals surface area contributed by atoms with Crippen LogP contribution in [0.2, 0.25) is 0 Å². The van der Waals surface area contributed by atoms with Crippen LogP contribution in [0.1, 0.15) is 23.3 Å². The van der Waals surface area contributed by atoms with E-state index in [1.54, 1.807) is 13.2 Å². The van der Waals surface area contributed by atoms with Crippen molar-refractivity contribution in [3.63, 3.8) is 0 Å². The van der Waals surface area contributed by atoms with Crippen LogP contribution in [0.3, 0.4) is 0 Å². The van der Waals surface area contributed by atoms with E-state index in [-0.39, 0.29) is 17.7 Å². The zero-order chi connectivity index (χ0) is 19.3. The van der Waals surface area contributed by atoms with Crippen molar-refractivity contribution in [2.24, 2.45) is 0 Å². The molecule has 144 valence electrons. The van der Waals surface area contributed by atoms with Crippen LogP contribution in [-0.2, 0) is 4.74 Å². The molecule has 1 amide bonds. The van der Waals surface area contributed by atoms with E-state index in [2.05, 4.69) is 15.4 Å². The van der Waals surface area contributed by atoms with E-state index in [4.69, 9.17) is 9.26 Å². The fraction of sp³-hybridized carbons (Fsp3) is 0.273. The minimum atomic E-state index is -0.295. The number of anilines is 2. The van der Waals surface area contributed by atoms with Crippen LogP contribution in [0.25, 0.3) is 11.3 Å². The maximum atomic E-state index is 12.5. The summed E-state index contributed by atoms with van der Waals surface area (Å²) in [5.41, 5.74) is 2.99. The molecule has 1 atom stereocenters. The van der Waals surface area contributed by atoms with Crippen molar-refractivity contribution in [2.45, 2.75) is 18.9 Å². The molecule has 0 bridgehead atoms. The third kappa shape index (κ3) is 4.07. The summed E-state index contributed by atoms with van der Waals surface area (Å²) in [5, 5.41) is 6.76. The number of aromatic nitrogens is 1. The summed E-state index contributed by atoms with van der Waals surface area (Å²) in [4.78, 5) is 14.8. The van der Waals surface area contributed by atoms with E-state index in [0.29, 0.717) is 5.76 Å². The Bertz CT molecular complexity index is 922. The van der Waals surface area contributed by atoms with E-state index in [9.17, 15) is 4.79 Å². The first kappa shape index (κ1) is 18.3. The van der Waals surface area contributed by atoms with Gasteiger partial charge in [0.2, 0.25) is 0 Å². The highest BCUT2D eigenvalue weighted by molar-refractivity contribution is 6.03. The van der Waals surface area contributed by atoms with Gasteiger partial charge >= 0.3 is 0 Å². The van der Waals surface area contributed by atoms with Gasteiger partial charge in [-0.15, -0.1) is 0 Å². The molecule has 3 aromatic rings. The van der Waals surface area contributed by atoms with Crippen LogP contribution in [0.15, 0.2) is 65.2 Å². The molecule has 4 rings (SSSR count). The molecule has 0 aliphatic carbocycles. The Morgan fingerprint density at radius 2 is 1.96 bits per heavy atom. The second-order valence-electron chi connectivity index (χ2n) is 6.89. The summed E-state index contributed by atoms with van der Waals surface area (Å²) in [6.45, 7) is 1.91. The summed E-state index contributed by atoms with van der Waals surface area (Å²) in [6, 6.07) is 19.1. The molecule has 6 heteroatoms. The Balaban J connectivity index is 1.40. The lowest BCUT2D eigenvalue weighted by atomic mass is 10.1. The lowest BCUT2D eigenvalue weighted by molar-refractivity contribution is 0.0893. The average Bonchev–Trinajstić information content (AvgIpc) is 3.25. The molecule has 1 aliphatic rings. The topological polar surface area (TPSA) is 67.6 Å². The van der Waals surface area contributed by atoms with Gasteiger partial charge in [0.25, 0.3) is 5.91 Å². The lowest BCUT2D eigenvalue weighted by Gasteiger charge is -2.33. The molecule has 1 N–H and O–H groups in total. The molecule has 2 aromatic carbocycles. The zero-order valence-corrected chi connectivity index (χ0v) is 15.8. The fourth-order valence-corrected chi connectivity index (χ4v) is 3.44. The van der Waals surface area contributed by atoms with Crippen molar-refractivity contribution in [3.8, 4) is 11.3 Å². The largest absolute Gasteiger partial charge is 0.380 e. The van der Waals surface area contributed by atoms with E-state index in [1.807, 2.05) is 54.6 Å². The minimum Gasteiger partial charge on any atom is -0.380 e. The van der Waals surface area contributed by atoms with Gasteiger partial charge in [0.1, 0.15) is 0 Å². The van der Waals surface area contributed by atoms with Crippen LogP contribution in [0.5, 0.6) is 0 Å². The van der Waals surface area contributed by atoms with Crippen molar-refractivity contribution in [2.75, 3.05) is 30.4 Å². The van der Waals surface area contributed by atoms with Gasteiger partial charge in [0, 0.05) is 43.2 Å². The average molecular weight is 377 g/mol. The number of benzene rings is 2. The molecule has 0 spiro atoms. The quantitative estimate of drug-likeness (QED) is 0.721. The summed E-state index contributed by atoms with van der Waals surface area (Å²) in [7, 11) is 1.76. The number of nitrogens with one attached hydrogen (secondary N) is 1. The van der Waals surface area contributed by atoms with Crippen LogP contribution in [0.4, 0.5) is 11.4 Å². The first-order valence-electron chi connectivity index (χ1n) is 9.44. The third-order valence-electron chi connectivity index (χ3n) is 5.00. The highest BCUT2D eigenvalue weighted by atomic mass is 16.5. The number of rotatable bonds is 5. The number of hydrogen-bond donors (Lipinski definition) is 1. The number of amides is 1. The molecule has 6 nitrogen and oxygen atoms in total. The molecule has 28 heavy (non-hydrogen) atoms. The molecule has 2 heterocycles. The molecule has 1 unspecified atom stereocenters. The van der Waals surface area contributed by atoms with Gasteiger partial charge in [-0.2, -0.15) is 0 Å². The summed E-state index contributed by atoms with van der Waals surface area (Å²) >= 11 is 0. The number of methoxy groups -OCH3 is 1. The molecule has 1 aromatic heterocycles. The summed E-state index contributed by atoms with van der Waals surface area (Å²) in [5.74, 6) is 0.273. The Morgan fingerprint density at radius 3 is 2.71 bits per heavy atom. The van der Waals surface area contributed by atoms with E-state index >= 15 is 0 Å². The Hall–Kier alpha value is -3.12. The van der Waals surface area contributed by atoms with Crippen molar-refractivity contribution in [1.29, 1.82) is 0 Å². The van der Waals surface area contributed by atoms with Gasteiger partial charge in [0.15, 0.2) is 11.5 Å². The molecular weight excluding hydrogens is 354 g/mol. The predicted molar refractivity (Wildman–Crippen MR) is 109 cm³/mol. The highest BCUT2D eigenvalue weighted by Crippen LogP contribution is 2.24. The fourth-order valence-electron chi connectivity index (χ4n) is 3.44. The predicted octanol–water partition coefficient (Wildman–Crippen LogP) is 4.21. The zero-order valence-electron chi connectivity index (χ0n) is 15.8. The molecule has 1 fully saturated rings. The van der Waals surface area contributed by atoms with E-state index in [0.717, 1.165) is 42.9 Å². The normalized spacial score (nSPS) is 16.8. The number of piperidine rings is 1. The van der Waals surface area contributed by atoms with Crippen LogP contribution < -0.4 is 10.2 Å². The molecule has 0 radical (unpaired) electrons. The SMILES string of the molecule is COC1CCCN(c2ccc(NC(=O)c3cc(-c4ccccc4)on3)cc2)C1. The maximum Gasteiger partial charge on any atom is 0.277 e. The summed E-state index contributed by atoms with van der Waals surface area (Å²) in [6.07, 6.45) is 2.50. The Morgan fingerprint density at radius 1 is 1.18 bits per heavy atom. The second-order valence-corrected chi connectivity index (χ2v) is 6.89. The van der Waals surface area contributed by atoms with Gasteiger partial charge in [-0.25, -0.2) is 0 Å². The van der Waals surface area contributed by atoms with Crippen LogP contribution in [-0.4, -0.2) is 37.4 Å². The van der Waals surface area contributed by atoms with Crippen molar-refractivity contribution in [1.82, 2.24) is 5.16 Å². The Kier molecular flexibility index (Phi) is 5.39. The smallest absolute Gasteiger partial charge is 0.277 e. The van der Waals surface area contributed by atoms with Gasteiger partial charge < -0.3 is 19.5 Å². The van der Waals surface area contributed by atoms with Gasteiger partial charge in [-0.05, 0) is 37.1 Å². The van der Waals surface area contributed by atoms with Crippen molar-refractivity contribution in [3.05, 3.63) is 66.4 Å². The van der Waals surface area contributed by atoms with Crippen molar-refractivity contribution < 1.29 is 14.1 Å². The van der Waals surface area contributed by atoms with Crippen LogP contribution in [0, 0.1) is 0 Å². The van der Waals surface area contributed by atoms with Gasteiger partial charge in [-0.3, -0.25) is 4.79 Å². The number of nitrogens with zero attached hydrogens (tertiary/aromatic N) is 2. The van der Waals surface area contributed by atoms with Gasteiger partial charge in [0.05, 0.1) is 6.10 Å². The molecular formula is C22H23N3O3. The number of hydrogen-bond acceptors (Lipinski definition) is 5. The molecule has 1 aliphatic heterocycles. The van der Waals surface area contributed by atoms with Crippen molar-refractivity contribution >= 4 is 17.3 Å². The summed E-state index contributed by atoms with van der Waals surface area (Å²) < 4.78 is 10.8. The minimum absolute atomic E-state index is 0.252. The highest BCUT2D eigenvalue weighted by Gasteiger charge is 2.20. The number of ether oxygens (including phenoxy) is 1. The monoisotopic (exact) mass is 377 g/mol. The number of carbonyl (C=O) groups excluding carboxylic acids is 1. The van der Waals surface area contributed by atoms with Gasteiger partial charge in [-0.1, -0.05) is 35.5 Å². The first-order valence-corrected chi connectivity index (χ1v) is 9.44. The molecule has 1 saturated heterocycles. The number of carbonyl (C=O) groups is 1. The van der Waals surface area contributed by atoms with E-state index < -0.39 is 0 Å². The maximum absolute atomic E-state index is 12.5. The second kappa shape index (κ2) is 8.27. The third-order valence-corrected chi connectivity index (χ3v) is 5.00. The van der Waals surface area contributed by atoms with Crippen LogP contribution >= 0.6 is 0 Å². The standard InChI is InChI=1S/C22H23N3O3/c1-27-19-8-5-13-25(15-19)18-11-9-17(10-12-18)23-22(26)20-14-21(28-24-20)16-6-3-2-4-7-16/h2-4,6-7,9-12,14,19H,5,8,13,15H2,1H3,(H,23,26). The Labute approximate surface area is 164 Å². The molecule has 0 saturated carbocycles. The first-order chi connectivity index (χ1) is 13.7.